The first-order valence-corrected chi connectivity index (χ1v) is 15.2. The molecule has 5 aromatic rings. The Balaban J connectivity index is 1.62. The van der Waals surface area contributed by atoms with Gasteiger partial charge in [0.15, 0.2) is 0 Å². The van der Waals surface area contributed by atoms with Crippen LogP contribution >= 0.6 is 0 Å². The molecule has 0 N–H and O–H groups in total. The number of benzene rings is 4. The molecule has 0 bridgehead atoms. The fourth-order valence-electron chi connectivity index (χ4n) is 6.13. The van der Waals surface area contributed by atoms with Gasteiger partial charge in [-0.3, -0.25) is 8.63 Å². The number of nitrogens with zero attached hydrogens (tertiary/aromatic N) is 2. The van der Waals surface area contributed by atoms with E-state index in [9.17, 15) is 0 Å². The van der Waals surface area contributed by atoms with Crippen LogP contribution in [0.4, 0.5) is 8.63 Å². The minimum absolute atomic E-state index is 0.387. The minimum atomic E-state index is -2.80. The number of ether oxygens (including phenoxy) is 2. The first kappa shape index (κ1) is 30.8. The maximum Gasteiger partial charge on any atom is 0.678 e. The first-order chi connectivity index (χ1) is 22.2. The lowest BCUT2D eigenvalue weighted by atomic mass is 9.94. The summed E-state index contributed by atoms with van der Waals surface area (Å²) in [4.78, 5) is 5.08. The van der Waals surface area contributed by atoms with E-state index in [1.165, 1.54) is 0 Å². The second-order valence-corrected chi connectivity index (χ2v) is 11.7. The highest BCUT2D eigenvalue weighted by atomic mass is 19.2. The van der Waals surface area contributed by atoms with Crippen molar-refractivity contribution in [3.05, 3.63) is 142 Å². The second-order valence-electron chi connectivity index (χ2n) is 11.7. The number of hydrogen-bond donors (Lipinski definition) is 0. The van der Waals surface area contributed by atoms with Gasteiger partial charge >= 0.3 is 7.40 Å². The summed E-state index contributed by atoms with van der Waals surface area (Å²) in [6.07, 6.45) is 3.86. The summed E-state index contributed by atoms with van der Waals surface area (Å²) in [5.74, 6) is 1.40. The molecule has 230 valence electrons. The normalized spacial score (nSPS) is 13.5. The molecular formula is C39H35BF2N2O2. The zero-order chi connectivity index (χ0) is 32.5. The molecule has 0 saturated heterocycles. The molecule has 0 amide bonds. The van der Waals surface area contributed by atoms with Crippen LogP contribution < -0.4 is 9.47 Å². The Morgan fingerprint density at radius 1 is 0.652 bits per heavy atom. The number of aliphatic imine (C=N–C) groups is 1. The number of aromatic nitrogens is 1. The third kappa shape index (κ3) is 5.93. The van der Waals surface area contributed by atoms with Crippen LogP contribution in [0.25, 0.3) is 34.0 Å². The molecule has 0 radical (unpaired) electrons. The molecule has 0 aliphatic carbocycles. The molecule has 0 atom stereocenters. The summed E-state index contributed by atoms with van der Waals surface area (Å²) in [5.41, 5.74) is 11.6. The highest BCUT2D eigenvalue weighted by Crippen LogP contribution is 2.40. The van der Waals surface area contributed by atoms with E-state index < -0.39 is 7.40 Å². The Kier molecular flexibility index (Phi) is 8.50. The molecule has 1 aromatic heterocycles. The van der Waals surface area contributed by atoms with Crippen LogP contribution in [-0.4, -0.2) is 31.8 Å². The van der Waals surface area contributed by atoms with E-state index >= 15 is 8.63 Å². The number of aryl methyl sites for hydroxylation is 4. The van der Waals surface area contributed by atoms with E-state index in [1.807, 2.05) is 80.6 Å². The second kappa shape index (κ2) is 12.7. The predicted octanol–water partition coefficient (Wildman–Crippen LogP) is 9.77. The van der Waals surface area contributed by atoms with Crippen LogP contribution in [0.15, 0.2) is 108 Å². The van der Waals surface area contributed by atoms with Crippen molar-refractivity contribution >= 4 is 24.8 Å². The maximum absolute atomic E-state index is 15.3. The summed E-state index contributed by atoms with van der Waals surface area (Å²) in [5, 5.41) is 0. The summed E-state index contributed by atoms with van der Waals surface area (Å²) in [7, 11) is 0.415. The molecule has 6 rings (SSSR count). The molecule has 1 aliphatic rings. The number of hydrogen-bond acceptors (Lipinski definition) is 3. The first-order valence-electron chi connectivity index (χ1n) is 15.2. The van der Waals surface area contributed by atoms with E-state index in [0.717, 1.165) is 60.5 Å². The highest BCUT2D eigenvalue weighted by molar-refractivity contribution is 6.42. The van der Waals surface area contributed by atoms with Gasteiger partial charge in [-0.2, -0.15) is 0 Å². The van der Waals surface area contributed by atoms with Crippen molar-refractivity contribution in [3.63, 3.8) is 0 Å². The molecule has 7 heteroatoms. The van der Waals surface area contributed by atoms with E-state index in [1.54, 1.807) is 26.4 Å². The van der Waals surface area contributed by atoms with Gasteiger partial charge in [-0.15, -0.1) is 0 Å². The monoisotopic (exact) mass is 612 g/mol. The SMILES string of the molecule is COc1ccc(C2=N/C(=C\c3c(-c4ccc(C)cc4C)cc(-c4ccc(OC)cc4)n3B(F)F)C(c3ccc(C)cc3C)=C2)cc1. The number of allylic oxidation sites excluding steroid dienone is 2. The van der Waals surface area contributed by atoms with Gasteiger partial charge in [0.1, 0.15) is 11.5 Å². The fraction of sp³-hybridized carbons (Fsp3) is 0.154. The summed E-state index contributed by atoms with van der Waals surface area (Å²) in [6.45, 7) is 8.17. The predicted molar refractivity (Wildman–Crippen MR) is 186 cm³/mol. The van der Waals surface area contributed by atoms with Gasteiger partial charge in [0, 0.05) is 28.1 Å². The van der Waals surface area contributed by atoms with E-state index in [0.29, 0.717) is 34.0 Å². The molecule has 4 nitrogen and oxygen atoms in total. The van der Waals surface area contributed by atoms with Crippen molar-refractivity contribution < 1.29 is 18.1 Å². The Hall–Kier alpha value is -5.17. The van der Waals surface area contributed by atoms with Crippen LogP contribution in [0.5, 0.6) is 11.5 Å². The molecule has 0 spiro atoms. The average Bonchev–Trinajstić information content (AvgIpc) is 3.63. The topological polar surface area (TPSA) is 35.8 Å². The van der Waals surface area contributed by atoms with Crippen molar-refractivity contribution in [2.45, 2.75) is 27.7 Å². The van der Waals surface area contributed by atoms with Gasteiger partial charge in [0.05, 0.1) is 25.6 Å². The van der Waals surface area contributed by atoms with E-state index in [4.69, 9.17) is 14.5 Å². The molecular weight excluding hydrogens is 577 g/mol. The average molecular weight is 613 g/mol. The summed E-state index contributed by atoms with van der Waals surface area (Å²) < 4.78 is 42.4. The van der Waals surface area contributed by atoms with Crippen LogP contribution in [0.3, 0.4) is 0 Å². The van der Waals surface area contributed by atoms with Crippen LogP contribution in [0.1, 0.15) is 39.1 Å². The van der Waals surface area contributed by atoms with Crippen LogP contribution in [0.2, 0.25) is 0 Å². The molecule has 0 unspecified atom stereocenters. The van der Waals surface area contributed by atoms with E-state index in [-0.39, 0.29) is 0 Å². The minimum Gasteiger partial charge on any atom is -0.497 e. The molecule has 4 aromatic carbocycles. The lowest BCUT2D eigenvalue weighted by molar-refractivity contribution is 0.414. The van der Waals surface area contributed by atoms with Crippen LogP contribution in [0, 0.1) is 27.7 Å². The number of methoxy groups -OCH3 is 2. The van der Waals surface area contributed by atoms with Crippen molar-refractivity contribution in [2.75, 3.05) is 14.2 Å². The lowest BCUT2D eigenvalue weighted by Gasteiger charge is -2.13. The Bertz CT molecular complexity index is 2020. The Morgan fingerprint density at radius 3 is 1.72 bits per heavy atom. The van der Waals surface area contributed by atoms with Crippen molar-refractivity contribution in [1.29, 1.82) is 0 Å². The summed E-state index contributed by atoms with van der Waals surface area (Å²) >= 11 is 0. The molecule has 0 saturated carbocycles. The Labute approximate surface area is 269 Å². The van der Waals surface area contributed by atoms with Gasteiger partial charge in [0.2, 0.25) is 0 Å². The zero-order valence-electron chi connectivity index (χ0n) is 26.9. The highest BCUT2D eigenvalue weighted by Gasteiger charge is 2.29. The lowest BCUT2D eigenvalue weighted by Crippen LogP contribution is -2.16. The Morgan fingerprint density at radius 2 is 1.20 bits per heavy atom. The third-order valence-electron chi connectivity index (χ3n) is 8.46. The van der Waals surface area contributed by atoms with E-state index in [2.05, 4.69) is 38.1 Å². The van der Waals surface area contributed by atoms with Gasteiger partial charge in [-0.25, -0.2) is 4.99 Å². The van der Waals surface area contributed by atoms with Gasteiger partial charge in [-0.05, 0) is 122 Å². The standard InChI is InChI=1S/C39H35BF2N2O2/c1-24-7-17-32(26(3)19-24)34-21-36(28-9-13-30(45-5)14-10-28)43-37(34)23-39-35(33-18-8-25(2)20-27(33)4)22-38(44(39)40(41)42)29-11-15-31(46-6)16-12-29/h7-23H,1-6H3/b37-23-. The van der Waals surface area contributed by atoms with Crippen molar-refractivity contribution in [1.82, 2.24) is 4.48 Å². The van der Waals surface area contributed by atoms with Crippen molar-refractivity contribution in [3.8, 4) is 33.9 Å². The maximum atomic E-state index is 15.3. The number of rotatable bonds is 8. The summed E-state index contributed by atoms with van der Waals surface area (Å²) in [6, 6.07) is 29.2. The third-order valence-corrected chi connectivity index (χ3v) is 8.46. The molecule has 0 fully saturated rings. The van der Waals surface area contributed by atoms with Crippen LogP contribution in [-0.2, 0) is 0 Å². The smallest absolute Gasteiger partial charge is 0.497 e. The van der Waals surface area contributed by atoms with Gasteiger partial charge in [0.25, 0.3) is 0 Å². The zero-order valence-corrected chi connectivity index (χ0v) is 26.9. The van der Waals surface area contributed by atoms with Gasteiger partial charge in [-0.1, -0.05) is 47.5 Å². The number of halogens is 2. The molecule has 46 heavy (non-hydrogen) atoms. The van der Waals surface area contributed by atoms with Gasteiger partial charge < -0.3 is 14.0 Å². The van der Waals surface area contributed by atoms with Crippen molar-refractivity contribution in [2.24, 2.45) is 4.99 Å². The quantitative estimate of drug-likeness (QED) is 0.164. The fourth-order valence-corrected chi connectivity index (χ4v) is 6.13. The largest absolute Gasteiger partial charge is 0.678 e. The molecule has 1 aliphatic heterocycles. The molecule has 2 heterocycles.